The van der Waals surface area contributed by atoms with Crippen LogP contribution < -0.4 is 10.6 Å². The second-order valence-electron chi connectivity index (χ2n) is 8.43. The molecule has 0 N–H and O–H groups in total. The maximum atomic E-state index is 13.4. The fourth-order valence-electron chi connectivity index (χ4n) is 4.40. The fraction of sp³-hybridized carbons (Fsp3) is 0.200. The zero-order valence-corrected chi connectivity index (χ0v) is 22.2. The Morgan fingerprint density at radius 2 is 1.56 bits per heavy atom. The molecule has 0 atom stereocenters. The van der Waals surface area contributed by atoms with E-state index in [0.717, 1.165) is 14.1 Å². The quantitative estimate of drug-likeness (QED) is 0.354. The number of fused-ring (bicyclic) bond motifs is 1. The number of piperazine rings is 1. The van der Waals surface area contributed by atoms with Gasteiger partial charge < -0.3 is 9.80 Å². The second kappa shape index (κ2) is 9.76. The van der Waals surface area contributed by atoms with E-state index >= 15 is 0 Å². The van der Waals surface area contributed by atoms with Crippen LogP contribution in [0, 0.1) is 0 Å². The molecule has 186 valence electrons. The Bertz CT molecular complexity index is 1610. The van der Waals surface area contributed by atoms with Crippen molar-refractivity contribution in [3.05, 3.63) is 92.8 Å². The summed E-state index contributed by atoms with van der Waals surface area (Å²) in [5, 5.41) is 0.653. The van der Waals surface area contributed by atoms with Crippen molar-refractivity contribution in [2.45, 2.75) is 11.4 Å². The molecule has 0 spiro atoms. The molecule has 1 amide bonds. The summed E-state index contributed by atoms with van der Waals surface area (Å²) in [6.45, 7) is 1.96. The van der Waals surface area contributed by atoms with Crippen LogP contribution in [0.15, 0.2) is 87.0 Å². The van der Waals surface area contributed by atoms with Crippen LogP contribution >= 0.6 is 27.5 Å². The maximum absolute atomic E-state index is 13.4. The lowest BCUT2D eigenvalue weighted by atomic mass is 10.2. The van der Waals surface area contributed by atoms with Gasteiger partial charge in [0.15, 0.2) is 0 Å². The summed E-state index contributed by atoms with van der Waals surface area (Å²) in [4.78, 5) is 30.4. The molecular formula is C25H22BrClN4O4S. The van der Waals surface area contributed by atoms with E-state index in [2.05, 4.69) is 20.8 Å². The van der Waals surface area contributed by atoms with Crippen LogP contribution in [0.2, 0.25) is 5.02 Å². The smallest absolute Gasteiger partial charge is 0.343 e. The van der Waals surface area contributed by atoms with Gasteiger partial charge in [-0.25, -0.2) is 13.2 Å². The van der Waals surface area contributed by atoms with Crippen LogP contribution in [0.25, 0.3) is 11.0 Å². The zero-order valence-electron chi connectivity index (χ0n) is 19.0. The predicted molar refractivity (Wildman–Crippen MR) is 143 cm³/mol. The van der Waals surface area contributed by atoms with Crippen LogP contribution in [0.4, 0.5) is 5.69 Å². The third-order valence-corrected chi connectivity index (χ3v) is 8.71. The molecule has 36 heavy (non-hydrogen) atoms. The van der Waals surface area contributed by atoms with E-state index in [1.165, 1.54) is 16.7 Å². The van der Waals surface area contributed by atoms with Gasteiger partial charge in [-0.05, 0) is 54.6 Å². The molecule has 0 aliphatic carbocycles. The number of para-hydroxylation sites is 2. The first kappa shape index (κ1) is 24.6. The van der Waals surface area contributed by atoms with Crippen molar-refractivity contribution in [1.29, 1.82) is 0 Å². The monoisotopic (exact) mass is 588 g/mol. The molecule has 8 nitrogen and oxygen atoms in total. The predicted octanol–water partition coefficient (Wildman–Crippen LogP) is 3.80. The molecule has 0 radical (unpaired) electrons. The Morgan fingerprint density at radius 1 is 0.889 bits per heavy atom. The highest BCUT2D eigenvalue weighted by molar-refractivity contribution is 9.10. The third kappa shape index (κ3) is 4.56. The summed E-state index contributed by atoms with van der Waals surface area (Å²) in [7, 11) is -4.17. The van der Waals surface area contributed by atoms with Crippen molar-refractivity contribution in [2.24, 2.45) is 0 Å². The lowest BCUT2D eigenvalue weighted by Gasteiger charge is -2.36. The molecule has 0 saturated carbocycles. The molecule has 5 rings (SSSR count). The average molecular weight is 590 g/mol. The zero-order chi connectivity index (χ0) is 25.4. The highest BCUT2D eigenvalue weighted by Crippen LogP contribution is 2.23. The number of anilines is 1. The SMILES string of the molecule is O=C(Cn1c(=O)n(S(=O)(=O)c2ccc(Br)cc2)c2ccccc21)N1CCN(c2cccc(Cl)c2)CC1. The van der Waals surface area contributed by atoms with E-state index in [1.54, 1.807) is 41.3 Å². The molecule has 3 aromatic carbocycles. The third-order valence-electron chi connectivity index (χ3n) is 6.25. The Balaban J connectivity index is 1.41. The summed E-state index contributed by atoms with van der Waals surface area (Å²) >= 11 is 9.40. The number of imidazole rings is 1. The first-order valence-electron chi connectivity index (χ1n) is 11.3. The van der Waals surface area contributed by atoms with Crippen molar-refractivity contribution >= 4 is 60.2 Å². The highest BCUT2D eigenvalue weighted by atomic mass is 79.9. The van der Waals surface area contributed by atoms with Crippen LogP contribution in [-0.4, -0.2) is 53.9 Å². The van der Waals surface area contributed by atoms with Gasteiger partial charge in [0.1, 0.15) is 6.54 Å². The summed E-state index contributed by atoms with van der Waals surface area (Å²) in [5.41, 5.74) is 0.829. The van der Waals surface area contributed by atoms with Gasteiger partial charge in [-0.15, -0.1) is 0 Å². The van der Waals surface area contributed by atoms with Crippen molar-refractivity contribution in [3.63, 3.8) is 0 Å². The highest BCUT2D eigenvalue weighted by Gasteiger charge is 2.28. The number of halogens is 2. The number of carbonyl (C=O) groups excluding carboxylic acids is 1. The van der Waals surface area contributed by atoms with Gasteiger partial charge in [0.2, 0.25) is 5.91 Å². The molecule has 4 aromatic rings. The number of hydrogen-bond donors (Lipinski definition) is 0. The molecule has 0 bridgehead atoms. The number of benzene rings is 3. The van der Waals surface area contributed by atoms with Crippen LogP contribution in [0.5, 0.6) is 0 Å². The summed E-state index contributed by atoms with van der Waals surface area (Å²) < 4.78 is 29.5. The molecule has 1 aliphatic heterocycles. The molecule has 0 unspecified atom stereocenters. The van der Waals surface area contributed by atoms with Gasteiger partial charge in [0.25, 0.3) is 10.0 Å². The normalized spacial score (nSPS) is 14.4. The molecule has 11 heteroatoms. The van der Waals surface area contributed by atoms with Gasteiger partial charge in [-0.3, -0.25) is 9.36 Å². The average Bonchev–Trinajstić information content (AvgIpc) is 3.16. The van der Waals surface area contributed by atoms with Gasteiger partial charge in [0.05, 0.1) is 15.9 Å². The largest absolute Gasteiger partial charge is 0.368 e. The number of amides is 1. The number of carbonyl (C=O) groups is 1. The van der Waals surface area contributed by atoms with E-state index in [9.17, 15) is 18.0 Å². The van der Waals surface area contributed by atoms with E-state index in [4.69, 9.17) is 11.6 Å². The Hall–Kier alpha value is -3.08. The minimum Gasteiger partial charge on any atom is -0.368 e. The van der Waals surface area contributed by atoms with Crippen LogP contribution in [0.3, 0.4) is 0 Å². The fourth-order valence-corrected chi connectivity index (χ4v) is 6.26. The van der Waals surface area contributed by atoms with E-state index in [1.807, 2.05) is 24.3 Å². The summed E-state index contributed by atoms with van der Waals surface area (Å²) in [5.74, 6) is -0.244. The lowest BCUT2D eigenvalue weighted by Crippen LogP contribution is -2.50. The first-order chi connectivity index (χ1) is 17.3. The van der Waals surface area contributed by atoms with Gasteiger partial charge in [0, 0.05) is 41.4 Å². The van der Waals surface area contributed by atoms with Crippen LogP contribution in [-0.2, 0) is 21.4 Å². The summed E-state index contributed by atoms with van der Waals surface area (Å²) in [6, 6.07) is 20.2. The molecule has 1 fully saturated rings. The van der Waals surface area contributed by atoms with Crippen molar-refractivity contribution in [2.75, 3.05) is 31.1 Å². The number of aromatic nitrogens is 2. The van der Waals surface area contributed by atoms with Gasteiger partial charge in [-0.2, -0.15) is 3.97 Å². The maximum Gasteiger partial charge on any atom is 0.343 e. The van der Waals surface area contributed by atoms with Crippen molar-refractivity contribution in [1.82, 2.24) is 13.4 Å². The first-order valence-corrected chi connectivity index (χ1v) is 13.9. The molecule has 1 aromatic heterocycles. The van der Waals surface area contributed by atoms with Crippen molar-refractivity contribution < 1.29 is 13.2 Å². The molecular weight excluding hydrogens is 568 g/mol. The van der Waals surface area contributed by atoms with Crippen LogP contribution in [0.1, 0.15) is 0 Å². The Labute approximate surface area is 221 Å². The minimum absolute atomic E-state index is 0.0147. The Morgan fingerprint density at radius 3 is 2.22 bits per heavy atom. The summed E-state index contributed by atoms with van der Waals surface area (Å²) in [6.07, 6.45) is 0. The number of hydrogen-bond acceptors (Lipinski definition) is 5. The Kier molecular flexibility index (Phi) is 6.67. The van der Waals surface area contributed by atoms with Gasteiger partial charge >= 0.3 is 5.69 Å². The number of nitrogens with zero attached hydrogens (tertiary/aromatic N) is 4. The van der Waals surface area contributed by atoms with E-state index < -0.39 is 15.7 Å². The minimum atomic E-state index is -4.17. The molecule has 1 saturated heterocycles. The van der Waals surface area contributed by atoms with Gasteiger partial charge in [-0.1, -0.05) is 45.7 Å². The lowest BCUT2D eigenvalue weighted by molar-refractivity contribution is -0.132. The standard InChI is InChI=1S/C25H22BrClN4O4S/c26-18-8-10-21(11-9-18)36(34,35)31-23-7-2-1-6-22(23)30(25(31)33)17-24(32)29-14-12-28(13-15-29)20-5-3-4-19(27)16-20/h1-11,16H,12-15,17H2. The topological polar surface area (TPSA) is 84.6 Å². The molecule has 2 heterocycles. The molecule has 1 aliphatic rings. The van der Waals surface area contributed by atoms with E-state index in [0.29, 0.717) is 36.7 Å². The van der Waals surface area contributed by atoms with E-state index in [-0.39, 0.29) is 22.9 Å². The van der Waals surface area contributed by atoms with Crippen molar-refractivity contribution in [3.8, 4) is 0 Å². The second-order valence-corrected chi connectivity index (χ2v) is 11.6. The number of rotatable bonds is 5.